The summed E-state index contributed by atoms with van der Waals surface area (Å²) in [5.41, 5.74) is 0.451. The molecule has 6 nitrogen and oxygen atoms in total. The number of carbonyl (C=O) groups excluding carboxylic acids is 3. The molecule has 0 unspecified atom stereocenters. The molecular formula is C12H20N2O4. The van der Waals surface area contributed by atoms with Crippen LogP contribution in [0.2, 0.25) is 0 Å². The summed E-state index contributed by atoms with van der Waals surface area (Å²) in [6, 6.07) is -0.254. The van der Waals surface area contributed by atoms with E-state index in [2.05, 4.69) is 5.32 Å². The minimum absolute atomic E-state index is 0.0589. The Bertz CT molecular complexity index is 339. The SMILES string of the molecule is CCOC(=O)C(C)=C[C@H](C)N(C)C(=O)CNC=O. The van der Waals surface area contributed by atoms with Crippen LogP contribution in [0.4, 0.5) is 0 Å². The minimum Gasteiger partial charge on any atom is -0.463 e. The fourth-order valence-electron chi connectivity index (χ4n) is 1.27. The summed E-state index contributed by atoms with van der Waals surface area (Å²) in [5.74, 6) is -0.626. The Hall–Kier alpha value is -1.85. The molecule has 0 aliphatic heterocycles. The maximum atomic E-state index is 11.6. The molecule has 102 valence electrons. The van der Waals surface area contributed by atoms with Gasteiger partial charge in [-0.3, -0.25) is 9.59 Å². The molecule has 0 aromatic rings. The average molecular weight is 256 g/mol. The second kappa shape index (κ2) is 8.27. The Kier molecular flexibility index (Phi) is 7.42. The topological polar surface area (TPSA) is 75.7 Å². The van der Waals surface area contributed by atoms with E-state index in [1.54, 1.807) is 33.9 Å². The van der Waals surface area contributed by atoms with E-state index in [0.717, 1.165) is 0 Å². The van der Waals surface area contributed by atoms with Gasteiger partial charge >= 0.3 is 5.97 Å². The van der Waals surface area contributed by atoms with E-state index in [-0.39, 0.29) is 18.5 Å². The lowest BCUT2D eigenvalue weighted by molar-refractivity contribution is -0.138. The number of carbonyl (C=O) groups is 3. The van der Waals surface area contributed by atoms with Crippen molar-refractivity contribution in [3.05, 3.63) is 11.6 Å². The van der Waals surface area contributed by atoms with Gasteiger partial charge in [0.25, 0.3) is 0 Å². The normalized spacial score (nSPS) is 12.6. The van der Waals surface area contributed by atoms with Gasteiger partial charge in [-0.05, 0) is 20.8 Å². The Morgan fingerprint density at radius 1 is 1.44 bits per heavy atom. The molecule has 0 aliphatic rings. The first-order valence-electron chi connectivity index (χ1n) is 5.72. The van der Waals surface area contributed by atoms with Crippen LogP contribution in [0.5, 0.6) is 0 Å². The number of esters is 1. The number of likely N-dealkylation sites (N-methyl/N-ethyl adjacent to an activating group) is 1. The summed E-state index contributed by atoms with van der Waals surface area (Å²) < 4.78 is 4.84. The van der Waals surface area contributed by atoms with E-state index in [0.29, 0.717) is 18.6 Å². The molecule has 0 spiro atoms. The first kappa shape index (κ1) is 16.1. The van der Waals surface area contributed by atoms with Crippen LogP contribution < -0.4 is 5.32 Å². The molecule has 1 atom stereocenters. The molecule has 0 radical (unpaired) electrons. The van der Waals surface area contributed by atoms with Gasteiger partial charge in [0.1, 0.15) is 0 Å². The predicted molar refractivity (Wildman–Crippen MR) is 66.7 cm³/mol. The highest BCUT2D eigenvalue weighted by Crippen LogP contribution is 2.04. The molecule has 0 heterocycles. The Balaban J connectivity index is 4.49. The number of nitrogens with zero attached hydrogens (tertiary/aromatic N) is 1. The van der Waals surface area contributed by atoms with Crippen molar-refractivity contribution in [1.29, 1.82) is 0 Å². The molecule has 0 aromatic heterocycles. The average Bonchev–Trinajstić information content (AvgIpc) is 2.34. The van der Waals surface area contributed by atoms with Gasteiger partial charge in [-0.15, -0.1) is 0 Å². The minimum atomic E-state index is -0.392. The Morgan fingerprint density at radius 3 is 2.56 bits per heavy atom. The van der Waals surface area contributed by atoms with E-state index in [1.165, 1.54) is 4.90 Å². The van der Waals surface area contributed by atoms with Gasteiger partial charge in [0.2, 0.25) is 12.3 Å². The van der Waals surface area contributed by atoms with Crippen LogP contribution in [-0.4, -0.2) is 49.4 Å². The zero-order valence-electron chi connectivity index (χ0n) is 11.2. The van der Waals surface area contributed by atoms with E-state index >= 15 is 0 Å². The Labute approximate surface area is 107 Å². The van der Waals surface area contributed by atoms with Crippen LogP contribution in [0, 0.1) is 0 Å². The fourth-order valence-corrected chi connectivity index (χ4v) is 1.27. The van der Waals surface area contributed by atoms with E-state index in [4.69, 9.17) is 4.74 Å². The fraction of sp³-hybridized carbons (Fsp3) is 0.583. The lowest BCUT2D eigenvalue weighted by Crippen LogP contribution is -2.39. The van der Waals surface area contributed by atoms with Crippen LogP contribution in [0.1, 0.15) is 20.8 Å². The summed E-state index contributed by atoms with van der Waals surface area (Å²) in [6.07, 6.45) is 2.12. The molecule has 0 saturated carbocycles. The third-order valence-electron chi connectivity index (χ3n) is 2.43. The van der Waals surface area contributed by atoms with Gasteiger partial charge < -0.3 is 15.0 Å². The summed E-state index contributed by atoms with van der Waals surface area (Å²) in [4.78, 5) is 34.5. The van der Waals surface area contributed by atoms with Crippen molar-refractivity contribution >= 4 is 18.3 Å². The highest BCUT2D eigenvalue weighted by Gasteiger charge is 2.15. The van der Waals surface area contributed by atoms with Gasteiger partial charge in [0, 0.05) is 18.7 Å². The Morgan fingerprint density at radius 2 is 2.06 bits per heavy atom. The zero-order chi connectivity index (χ0) is 14.1. The molecule has 0 aromatic carbocycles. The number of hydrogen-bond donors (Lipinski definition) is 1. The van der Waals surface area contributed by atoms with Crippen molar-refractivity contribution in [2.75, 3.05) is 20.2 Å². The van der Waals surface area contributed by atoms with Gasteiger partial charge in [-0.1, -0.05) is 6.08 Å². The molecule has 1 N–H and O–H groups in total. The van der Waals surface area contributed by atoms with Crippen molar-refractivity contribution < 1.29 is 19.1 Å². The highest BCUT2D eigenvalue weighted by atomic mass is 16.5. The molecule has 0 bridgehead atoms. The van der Waals surface area contributed by atoms with Crippen LogP contribution in [-0.2, 0) is 19.1 Å². The number of ether oxygens (including phenoxy) is 1. The maximum Gasteiger partial charge on any atom is 0.333 e. The standard InChI is InChI=1S/C12H20N2O4/c1-5-18-12(17)9(2)6-10(3)14(4)11(16)7-13-8-15/h6,8,10H,5,7H2,1-4H3,(H,13,15)/t10-/m0/s1. The second-order valence-corrected chi connectivity index (χ2v) is 3.81. The lowest BCUT2D eigenvalue weighted by atomic mass is 10.2. The van der Waals surface area contributed by atoms with Crippen LogP contribution in [0.25, 0.3) is 0 Å². The number of amides is 2. The summed E-state index contributed by atoms with van der Waals surface area (Å²) >= 11 is 0. The lowest BCUT2D eigenvalue weighted by Gasteiger charge is -2.22. The van der Waals surface area contributed by atoms with Gasteiger partial charge in [-0.2, -0.15) is 0 Å². The molecule has 0 fully saturated rings. The third kappa shape index (κ3) is 5.47. The second-order valence-electron chi connectivity index (χ2n) is 3.81. The summed E-state index contributed by atoms with van der Waals surface area (Å²) in [7, 11) is 1.61. The molecule has 18 heavy (non-hydrogen) atoms. The highest BCUT2D eigenvalue weighted by molar-refractivity contribution is 5.88. The predicted octanol–water partition coefficient (Wildman–Crippen LogP) is 0.0887. The summed E-state index contributed by atoms with van der Waals surface area (Å²) in [5, 5.41) is 2.30. The quantitative estimate of drug-likeness (QED) is 0.398. The van der Waals surface area contributed by atoms with Crippen LogP contribution in [0.3, 0.4) is 0 Å². The third-order valence-corrected chi connectivity index (χ3v) is 2.43. The van der Waals surface area contributed by atoms with Crippen molar-refractivity contribution in [2.24, 2.45) is 0 Å². The van der Waals surface area contributed by atoms with Crippen molar-refractivity contribution in [3.8, 4) is 0 Å². The van der Waals surface area contributed by atoms with Crippen LogP contribution >= 0.6 is 0 Å². The van der Waals surface area contributed by atoms with Gasteiger partial charge in [0.05, 0.1) is 13.2 Å². The van der Waals surface area contributed by atoms with Crippen molar-refractivity contribution in [2.45, 2.75) is 26.8 Å². The molecule has 0 saturated heterocycles. The smallest absolute Gasteiger partial charge is 0.333 e. The summed E-state index contributed by atoms with van der Waals surface area (Å²) in [6.45, 7) is 5.40. The molecule has 0 rings (SSSR count). The zero-order valence-corrected chi connectivity index (χ0v) is 11.2. The molecule has 0 aliphatic carbocycles. The first-order valence-corrected chi connectivity index (χ1v) is 5.72. The first-order chi connectivity index (χ1) is 8.43. The number of hydrogen-bond acceptors (Lipinski definition) is 4. The van der Waals surface area contributed by atoms with Crippen LogP contribution in [0.15, 0.2) is 11.6 Å². The van der Waals surface area contributed by atoms with E-state index in [1.807, 2.05) is 0 Å². The van der Waals surface area contributed by atoms with Gasteiger partial charge in [-0.25, -0.2) is 4.79 Å². The van der Waals surface area contributed by atoms with Crippen molar-refractivity contribution in [1.82, 2.24) is 10.2 Å². The van der Waals surface area contributed by atoms with Gasteiger partial charge in [0.15, 0.2) is 0 Å². The largest absolute Gasteiger partial charge is 0.463 e. The van der Waals surface area contributed by atoms with Crippen molar-refractivity contribution in [3.63, 3.8) is 0 Å². The number of rotatable bonds is 7. The molecule has 2 amide bonds. The number of nitrogens with one attached hydrogen (secondary N) is 1. The molecular weight excluding hydrogens is 236 g/mol. The monoisotopic (exact) mass is 256 g/mol. The molecule has 6 heteroatoms. The maximum absolute atomic E-state index is 11.6. The van der Waals surface area contributed by atoms with E-state index in [9.17, 15) is 14.4 Å². The van der Waals surface area contributed by atoms with E-state index < -0.39 is 5.97 Å².